The Labute approximate surface area is 114 Å². The number of anilines is 1. The van der Waals surface area contributed by atoms with Crippen molar-refractivity contribution >= 4 is 11.6 Å². The molecule has 0 unspecified atom stereocenters. The van der Waals surface area contributed by atoms with Crippen LogP contribution in [0.5, 0.6) is 0 Å². The van der Waals surface area contributed by atoms with Crippen LogP contribution in [0.3, 0.4) is 0 Å². The summed E-state index contributed by atoms with van der Waals surface area (Å²) in [5.41, 5.74) is 0.840. The summed E-state index contributed by atoms with van der Waals surface area (Å²) in [6.45, 7) is 2.68. The molecule has 19 heavy (non-hydrogen) atoms. The lowest BCUT2D eigenvalue weighted by atomic mass is 9.85. The minimum Gasteiger partial charge on any atom is -0.339 e. The van der Waals surface area contributed by atoms with Gasteiger partial charge in [-0.15, -0.1) is 0 Å². The van der Waals surface area contributed by atoms with Gasteiger partial charge < -0.3 is 14.7 Å². The first kappa shape index (κ1) is 12.5. The zero-order chi connectivity index (χ0) is 13.5. The Morgan fingerprint density at radius 3 is 2.32 bits per heavy atom. The highest BCUT2D eigenvalue weighted by atomic mass is 16.2. The van der Waals surface area contributed by atoms with E-state index in [0.29, 0.717) is 6.67 Å². The quantitative estimate of drug-likeness (QED) is 0.762. The summed E-state index contributed by atoms with van der Waals surface area (Å²) in [6, 6.07) is 10.3. The number of hydrogen-bond acceptors (Lipinski definition) is 3. The van der Waals surface area contributed by atoms with Crippen LogP contribution in [-0.4, -0.2) is 55.1 Å². The number of benzene rings is 1. The lowest BCUT2D eigenvalue weighted by Crippen LogP contribution is -2.55. The number of amides is 1. The highest BCUT2D eigenvalue weighted by Crippen LogP contribution is 2.38. The Balaban J connectivity index is 1.96. The van der Waals surface area contributed by atoms with Gasteiger partial charge in [0.25, 0.3) is 0 Å². The molecule has 0 N–H and O–H groups in total. The van der Waals surface area contributed by atoms with Crippen LogP contribution in [0.1, 0.15) is 12.8 Å². The van der Waals surface area contributed by atoms with Crippen LogP contribution >= 0.6 is 0 Å². The SMILES string of the molecule is CN1CCC2(CC1)C(=O)N(C)CN2c1ccccc1. The van der Waals surface area contributed by atoms with Gasteiger partial charge in [-0.25, -0.2) is 0 Å². The molecule has 2 heterocycles. The number of piperidine rings is 1. The van der Waals surface area contributed by atoms with Crippen LogP contribution < -0.4 is 4.90 Å². The summed E-state index contributed by atoms with van der Waals surface area (Å²) in [7, 11) is 4.04. The maximum absolute atomic E-state index is 12.6. The van der Waals surface area contributed by atoms with Crippen molar-refractivity contribution in [3.05, 3.63) is 30.3 Å². The summed E-state index contributed by atoms with van der Waals surface area (Å²) < 4.78 is 0. The average Bonchev–Trinajstić information content (AvgIpc) is 2.68. The smallest absolute Gasteiger partial charge is 0.249 e. The van der Waals surface area contributed by atoms with Gasteiger partial charge in [-0.2, -0.15) is 0 Å². The highest BCUT2D eigenvalue weighted by molar-refractivity contribution is 5.93. The normalized spacial score (nSPS) is 23.4. The number of carbonyl (C=O) groups excluding carboxylic acids is 1. The van der Waals surface area contributed by atoms with Crippen LogP contribution in [0, 0.1) is 0 Å². The highest BCUT2D eigenvalue weighted by Gasteiger charge is 2.52. The van der Waals surface area contributed by atoms with Gasteiger partial charge in [-0.05, 0) is 32.0 Å². The van der Waals surface area contributed by atoms with E-state index in [1.807, 2.05) is 30.1 Å². The Hall–Kier alpha value is -1.55. The maximum atomic E-state index is 12.6. The topological polar surface area (TPSA) is 26.8 Å². The van der Waals surface area contributed by atoms with Gasteiger partial charge in [0, 0.05) is 25.8 Å². The predicted octanol–water partition coefficient (Wildman–Crippen LogP) is 1.39. The van der Waals surface area contributed by atoms with Gasteiger partial charge >= 0.3 is 0 Å². The number of likely N-dealkylation sites (tertiary alicyclic amines) is 1. The molecule has 2 fully saturated rings. The van der Waals surface area contributed by atoms with E-state index in [-0.39, 0.29) is 11.4 Å². The fourth-order valence-corrected chi connectivity index (χ4v) is 3.29. The summed E-state index contributed by atoms with van der Waals surface area (Å²) in [5, 5.41) is 0. The summed E-state index contributed by atoms with van der Waals surface area (Å²) in [5.74, 6) is 0.282. The Kier molecular flexibility index (Phi) is 2.97. The first-order valence-corrected chi connectivity index (χ1v) is 6.90. The fraction of sp³-hybridized carbons (Fsp3) is 0.533. The molecule has 0 atom stereocenters. The van der Waals surface area contributed by atoms with Crippen LogP contribution in [0.4, 0.5) is 5.69 Å². The number of likely N-dealkylation sites (N-methyl/N-ethyl adjacent to an activating group) is 1. The maximum Gasteiger partial charge on any atom is 0.249 e. The molecule has 1 spiro atoms. The van der Waals surface area contributed by atoms with Gasteiger partial charge in [-0.1, -0.05) is 18.2 Å². The van der Waals surface area contributed by atoms with Gasteiger partial charge in [0.15, 0.2) is 0 Å². The van der Waals surface area contributed by atoms with E-state index < -0.39 is 0 Å². The second-order valence-corrected chi connectivity index (χ2v) is 5.74. The van der Waals surface area contributed by atoms with E-state index in [2.05, 4.69) is 29.0 Å². The van der Waals surface area contributed by atoms with Gasteiger partial charge in [0.1, 0.15) is 5.54 Å². The first-order chi connectivity index (χ1) is 9.13. The van der Waals surface area contributed by atoms with Crippen molar-refractivity contribution in [3.8, 4) is 0 Å². The third-order valence-corrected chi connectivity index (χ3v) is 4.50. The van der Waals surface area contributed by atoms with Crippen molar-refractivity contribution in [2.75, 3.05) is 38.8 Å². The van der Waals surface area contributed by atoms with E-state index in [1.165, 1.54) is 0 Å². The lowest BCUT2D eigenvalue weighted by Gasteiger charge is -2.42. The van der Waals surface area contributed by atoms with E-state index in [9.17, 15) is 4.79 Å². The molecule has 3 rings (SSSR count). The molecule has 2 aliphatic heterocycles. The molecule has 1 aromatic carbocycles. The minimum absolute atomic E-state index is 0.282. The summed E-state index contributed by atoms with van der Waals surface area (Å²) >= 11 is 0. The monoisotopic (exact) mass is 259 g/mol. The van der Waals surface area contributed by atoms with Crippen LogP contribution in [0.25, 0.3) is 0 Å². The van der Waals surface area contributed by atoms with E-state index in [4.69, 9.17) is 0 Å². The Morgan fingerprint density at radius 1 is 1.05 bits per heavy atom. The summed E-state index contributed by atoms with van der Waals surface area (Å²) in [4.78, 5) is 19.1. The molecule has 2 saturated heterocycles. The third kappa shape index (κ3) is 1.91. The number of carbonyl (C=O) groups is 1. The molecule has 1 amide bonds. The second-order valence-electron chi connectivity index (χ2n) is 5.74. The molecule has 1 aromatic rings. The Bertz CT molecular complexity index is 466. The largest absolute Gasteiger partial charge is 0.339 e. The fourth-order valence-electron chi connectivity index (χ4n) is 3.29. The molecule has 0 aromatic heterocycles. The minimum atomic E-state index is -0.317. The van der Waals surface area contributed by atoms with Crippen LogP contribution in [-0.2, 0) is 4.79 Å². The Morgan fingerprint density at radius 2 is 1.68 bits per heavy atom. The third-order valence-electron chi connectivity index (χ3n) is 4.50. The van der Waals surface area contributed by atoms with E-state index >= 15 is 0 Å². The van der Waals surface area contributed by atoms with Gasteiger partial charge in [0.2, 0.25) is 5.91 Å². The number of hydrogen-bond donors (Lipinski definition) is 0. The molecule has 102 valence electrons. The van der Waals surface area contributed by atoms with Gasteiger partial charge in [-0.3, -0.25) is 4.79 Å². The molecular formula is C15H21N3O. The van der Waals surface area contributed by atoms with Crippen LogP contribution in [0.15, 0.2) is 30.3 Å². The molecule has 0 saturated carbocycles. The lowest BCUT2D eigenvalue weighted by molar-refractivity contribution is -0.132. The van der Waals surface area contributed by atoms with Crippen molar-refractivity contribution in [2.24, 2.45) is 0 Å². The van der Waals surface area contributed by atoms with Gasteiger partial charge in [0.05, 0.1) is 6.67 Å². The first-order valence-electron chi connectivity index (χ1n) is 6.90. The standard InChI is InChI=1S/C15H21N3O/c1-16-10-8-15(9-11-16)14(19)17(2)12-18(15)13-6-4-3-5-7-13/h3-7H,8-12H2,1-2H3. The summed E-state index contributed by atoms with van der Waals surface area (Å²) in [6.07, 6.45) is 1.84. The van der Waals surface area contributed by atoms with Crippen molar-refractivity contribution in [2.45, 2.75) is 18.4 Å². The van der Waals surface area contributed by atoms with Crippen molar-refractivity contribution < 1.29 is 4.79 Å². The second kappa shape index (κ2) is 4.53. The molecule has 0 aliphatic carbocycles. The molecular weight excluding hydrogens is 238 g/mol. The molecule has 4 nitrogen and oxygen atoms in total. The van der Waals surface area contributed by atoms with E-state index in [1.54, 1.807) is 0 Å². The molecule has 0 bridgehead atoms. The average molecular weight is 259 g/mol. The zero-order valence-corrected chi connectivity index (χ0v) is 11.7. The number of rotatable bonds is 1. The zero-order valence-electron chi connectivity index (χ0n) is 11.7. The predicted molar refractivity (Wildman–Crippen MR) is 76.0 cm³/mol. The van der Waals surface area contributed by atoms with Crippen molar-refractivity contribution in [1.82, 2.24) is 9.80 Å². The van der Waals surface area contributed by atoms with Crippen molar-refractivity contribution in [3.63, 3.8) is 0 Å². The molecule has 2 aliphatic rings. The number of nitrogens with zero attached hydrogens (tertiary/aromatic N) is 3. The van der Waals surface area contributed by atoms with Crippen molar-refractivity contribution in [1.29, 1.82) is 0 Å². The van der Waals surface area contributed by atoms with E-state index in [0.717, 1.165) is 31.6 Å². The molecule has 4 heteroatoms. The number of para-hydroxylation sites is 1. The van der Waals surface area contributed by atoms with Crippen LogP contribution in [0.2, 0.25) is 0 Å². The molecule has 0 radical (unpaired) electrons.